The Bertz CT molecular complexity index is 1430. The van der Waals surface area contributed by atoms with Gasteiger partial charge in [-0.25, -0.2) is 23.7 Å². The Labute approximate surface area is 206 Å². The number of nitrogens with two attached hydrogens (primary N) is 1. The fourth-order valence-corrected chi connectivity index (χ4v) is 4.28. The van der Waals surface area contributed by atoms with E-state index in [0.717, 1.165) is 16.8 Å². The molecule has 2 aromatic carbocycles. The van der Waals surface area contributed by atoms with Crippen molar-refractivity contribution < 1.29 is 8.78 Å². The van der Waals surface area contributed by atoms with Crippen LogP contribution in [0.15, 0.2) is 77.6 Å². The molecule has 0 bridgehead atoms. The fraction of sp³-hybridized carbons (Fsp3) is 0.148. The van der Waals surface area contributed by atoms with Crippen LogP contribution in [-0.2, 0) is 12.0 Å². The molecule has 0 amide bonds. The predicted octanol–water partition coefficient (Wildman–Crippen LogP) is 6.25. The van der Waals surface area contributed by atoms with Crippen molar-refractivity contribution in [2.45, 2.75) is 25.8 Å². The van der Waals surface area contributed by atoms with Gasteiger partial charge in [0.2, 0.25) is 5.95 Å². The summed E-state index contributed by atoms with van der Waals surface area (Å²) < 4.78 is 29.4. The van der Waals surface area contributed by atoms with Gasteiger partial charge in [-0.1, -0.05) is 35.9 Å². The summed E-state index contributed by atoms with van der Waals surface area (Å²) in [5.74, 6) is -0.974. The summed E-state index contributed by atoms with van der Waals surface area (Å²) in [6.45, 7) is 3.89. The molecule has 1 aromatic heterocycles. The van der Waals surface area contributed by atoms with Crippen LogP contribution in [0.4, 0.5) is 20.4 Å². The van der Waals surface area contributed by atoms with Crippen molar-refractivity contribution in [3.8, 4) is 0 Å². The van der Waals surface area contributed by atoms with Crippen molar-refractivity contribution in [1.82, 2.24) is 9.97 Å². The molecule has 3 N–H and O–H groups in total. The molecular weight excluding hydrogens is 468 g/mol. The molecule has 0 atom stereocenters. The number of nitrogens with one attached hydrogen (secondary N) is 1. The average Bonchev–Trinajstić information content (AvgIpc) is 2.98. The van der Waals surface area contributed by atoms with Crippen LogP contribution in [0.2, 0.25) is 0 Å². The molecule has 5 rings (SSSR count). The monoisotopic (exact) mass is 489 g/mol. The van der Waals surface area contributed by atoms with Crippen LogP contribution in [0.25, 0.3) is 11.1 Å². The zero-order valence-corrected chi connectivity index (χ0v) is 19.9. The van der Waals surface area contributed by atoms with Gasteiger partial charge in [-0.2, -0.15) is 0 Å². The minimum atomic E-state index is -0.678. The van der Waals surface area contributed by atoms with Gasteiger partial charge < -0.3 is 11.1 Å². The van der Waals surface area contributed by atoms with Crippen molar-refractivity contribution >= 4 is 39.6 Å². The molecular formula is C27H22ClF2N5. The van der Waals surface area contributed by atoms with Crippen molar-refractivity contribution in [2.75, 3.05) is 5.32 Å². The highest BCUT2D eigenvalue weighted by Gasteiger charge is 2.27. The number of aromatic nitrogens is 2. The number of halogens is 3. The first kappa shape index (κ1) is 23.1. The van der Waals surface area contributed by atoms with Gasteiger partial charge in [-0.3, -0.25) is 0 Å². The van der Waals surface area contributed by atoms with Crippen molar-refractivity contribution in [2.24, 2.45) is 10.7 Å². The smallest absolute Gasteiger partial charge is 0.227 e. The summed E-state index contributed by atoms with van der Waals surface area (Å²) in [7, 11) is 0. The largest absolute Gasteiger partial charge is 0.324 e. The van der Waals surface area contributed by atoms with E-state index < -0.39 is 17.2 Å². The number of rotatable bonds is 4. The van der Waals surface area contributed by atoms with Crippen LogP contribution < -0.4 is 11.1 Å². The number of allylic oxidation sites excluding steroid dienone is 5. The van der Waals surface area contributed by atoms with E-state index in [2.05, 4.69) is 15.3 Å². The number of hydrogen-bond acceptors (Lipinski definition) is 5. The molecule has 2 heterocycles. The number of hydrogen-bond donors (Lipinski definition) is 2. The van der Waals surface area contributed by atoms with E-state index in [0.29, 0.717) is 34.8 Å². The second-order valence-corrected chi connectivity index (χ2v) is 9.35. The lowest BCUT2D eigenvalue weighted by atomic mass is 9.84. The molecule has 35 heavy (non-hydrogen) atoms. The summed E-state index contributed by atoms with van der Waals surface area (Å²) in [5.41, 5.74) is 10.4. The van der Waals surface area contributed by atoms with Gasteiger partial charge in [-0.05, 0) is 67.3 Å². The van der Waals surface area contributed by atoms with Crippen LogP contribution >= 0.6 is 11.6 Å². The van der Waals surface area contributed by atoms with Gasteiger partial charge >= 0.3 is 0 Å². The Balaban J connectivity index is 1.52. The number of aliphatic imine (C=N–C) groups is 1. The van der Waals surface area contributed by atoms with E-state index in [-0.39, 0.29) is 10.7 Å². The lowest BCUT2D eigenvalue weighted by Gasteiger charge is -2.22. The molecule has 0 radical (unpaired) electrons. The van der Waals surface area contributed by atoms with Crippen LogP contribution in [0, 0.1) is 11.6 Å². The van der Waals surface area contributed by atoms with Crippen LogP contribution in [-0.4, -0.2) is 15.1 Å². The summed E-state index contributed by atoms with van der Waals surface area (Å²) in [6.07, 6.45) is 7.17. The molecule has 0 fully saturated rings. The van der Waals surface area contributed by atoms with E-state index in [4.69, 9.17) is 22.3 Å². The Morgan fingerprint density at radius 3 is 2.40 bits per heavy atom. The Kier molecular flexibility index (Phi) is 5.83. The van der Waals surface area contributed by atoms with E-state index in [9.17, 15) is 8.78 Å². The van der Waals surface area contributed by atoms with Gasteiger partial charge in [0.25, 0.3) is 0 Å². The highest BCUT2D eigenvalue weighted by molar-refractivity contribution is 6.69. The quantitative estimate of drug-likeness (QED) is 0.454. The molecule has 0 saturated heterocycles. The number of fused-ring (bicyclic) bond motifs is 3. The van der Waals surface area contributed by atoms with Gasteiger partial charge in [0, 0.05) is 34.8 Å². The second kappa shape index (κ2) is 8.83. The zero-order valence-electron chi connectivity index (χ0n) is 19.1. The van der Waals surface area contributed by atoms with Gasteiger partial charge in [-0.15, -0.1) is 0 Å². The molecule has 3 aromatic rings. The minimum Gasteiger partial charge on any atom is -0.324 e. The van der Waals surface area contributed by atoms with E-state index >= 15 is 0 Å². The SMILES string of the molecule is CC(C)(N)c1ccc(Nc2ncc3c(n2)C2=CN=C(Cl)C=C(c4c(F)cccc4F)C2=CC3)cc1. The standard InChI is InChI=1S/C27H22ClF2N5/c1-27(2,31)16-7-9-17(10-8-16)34-26-33-13-15-6-11-18-19(24-21(29)4-3-5-22(24)30)12-23(28)32-14-20(18)25(15)35-26/h3-5,7-14H,6,31H2,1-2H3,(H,33,34,35). The van der Waals surface area contributed by atoms with E-state index in [1.807, 2.05) is 44.2 Å². The minimum absolute atomic E-state index is 0.113. The Morgan fingerprint density at radius 1 is 1.00 bits per heavy atom. The van der Waals surface area contributed by atoms with E-state index in [1.54, 1.807) is 12.4 Å². The van der Waals surface area contributed by atoms with Crippen molar-refractivity contribution in [1.29, 1.82) is 0 Å². The first-order chi connectivity index (χ1) is 16.7. The van der Waals surface area contributed by atoms with Gasteiger partial charge in [0.1, 0.15) is 16.8 Å². The maximum atomic E-state index is 14.7. The Morgan fingerprint density at radius 2 is 1.71 bits per heavy atom. The molecule has 1 aliphatic carbocycles. The third-order valence-corrected chi connectivity index (χ3v) is 6.13. The predicted molar refractivity (Wildman–Crippen MR) is 136 cm³/mol. The molecule has 1 aliphatic heterocycles. The number of benzene rings is 2. The lowest BCUT2D eigenvalue weighted by molar-refractivity contribution is 0.554. The zero-order chi connectivity index (χ0) is 24.7. The number of anilines is 2. The van der Waals surface area contributed by atoms with Gasteiger partial charge in [0.05, 0.1) is 11.3 Å². The lowest BCUT2D eigenvalue weighted by Crippen LogP contribution is -2.28. The molecule has 176 valence electrons. The highest BCUT2D eigenvalue weighted by atomic mass is 35.5. The number of nitrogens with zero attached hydrogens (tertiary/aromatic N) is 3. The first-order valence-corrected chi connectivity index (χ1v) is 11.4. The first-order valence-electron chi connectivity index (χ1n) is 11.0. The van der Waals surface area contributed by atoms with Gasteiger partial charge in [0.15, 0.2) is 0 Å². The molecule has 0 saturated carbocycles. The topological polar surface area (TPSA) is 76.2 Å². The highest BCUT2D eigenvalue weighted by Crippen LogP contribution is 2.41. The maximum Gasteiger partial charge on any atom is 0.227 e. The van der Waals surface area contributed by atoms with Crippen molar-refractivity contribution in [3.05, 3.63) is 107 Å². The Hall–Kier alpha value is -3.68. The van der Waals surface area contributed by atoms with E-state index in [1.165, 1.54) is 24.3 Å². The third-order valence-electron chi connectivity index (χ3n) is 5.92. The summed E-state index contributed by atoms with van der Waals surface area (Å²) in [4.78, 5) is 13.4. The maximum absolute atomic E-state index is 14.7. The second-order valence-electron chi connectivity index (χ2n) is 8.96. The average molecular weight is 490 g/mol. The van der Waals surface area contributed by atoms with Crippen LogP contribution in [0.5, 0.6) is 0 Å². The summed E-state index contributed by atoms with van der Waals surface area (Å²) in [6, 6.07) is 11.5. The summed E-state index contributed by atoms with van der Waals surface area (Å²) in [5, 5.41) is 3.32. The molecule has 5 nitrogen and oxygen atoms in total. The normalized spacial score (nSPS) is 15.1. The van der Waals surface area contributed by atoms with Crippen LogP contribution in [0.3, 0.4) is 0 Å². The van der Waals surface area contributed by atoms with Crippen molar-refractivity contribution in [3.63, 3.8) is 0 Å². The molecule has 0 unspecified atom stereocenters. The molecule has 0 spiro atoms. The molecule has 2 aliphatic rings. The molecule has 8 heteroatoms. The summed E-state index contributed by atoms with van der Waals surface area (Å²) >= 11 is 6.25. The van der Waals surface area contributed by atoms with Crippen LogP contribution in [0.1, 0.15) is 36.2 Å². The fourth-order valence-electron chi connectivity index (χ4n) is 4.12. The third kappa shape index (κ3) is 4.52.